The highest BCUT2D eigenvalue weighted by molar-refractivity contribution is 5.62. The molecule has 130 valence electrons. The first-order valence-electron chi connectivity index (χ1n) is 8.42. The van der Waals surface area contributed by atoms with Gasteiger partial charge in [0.2, 0.25) is 11.8 Å². The second-order valence-corrected chi connectivity index (χ2v) is 6.56. The number of halogens is 1. The van der Waals surface area contributed by atoms with Crippen LogP contribution in [0, 0.1) is 12.9 Å². The second kappa shape index (κ2) is 6.40. The monoisotopic (exact) mass is 341 g/mol. The fourth-order valence-electron chi connectivity index (χ4n) is 3.20. The van der Waals surface area contributed by atoms with Crippen molar-refractivity contribution in [2.75, 3.05) is 20.1 Å². The molecule has 1 fully saturated rings. The molecule has 0 bridgehead atoms. The summed E-state index contributed by atoms with van der Waals surface area (Å²) in [6.45, 7) is 3.70. The summed E-state index contributed by atoms with van der Waals surface area (Å²) in [7, 11) is 2.10. The Kier molecular flexibility index (Phi) is 4.09. The maximum absolute atomic E-state index is 13.4. The largest absolute Gasteiger partial charge is 0.472 e. The Hall–Kier alpha value is -2.54. The number of pyridine rings is 1. The van der Waals surface area contributed by atoms with Crippen molar-refractivity contribution in [3.05, 3.63) is 42.1 Å². The highest BCUT2D eigenvalue weighted by Crippen LogP contribution is 2.23. The first-order valence-corrected chi connectivity index (χ1v) is 8.42. The highest BCUT2D eigenvalue weighted by atomic mass is 19.1. The Morgan fingerprint density at radius 3 is 2.92 bits per heavy atom. The SMILES string of the molecule is Cc1cc(-c2cnc3ccc(OC4CCCN(C)C4)nn23)cnc1F. The summed E-state index contributed by atoms with van der Waals surface area (Å²) < 4.78 is 21.2. The molecule has 4 heterocycles. The molecule has 0 radical (unpaired) electrons. The lowest BCUT2D eigenvalue weighted by Gasteiger charge is -2.29. The normalized spacial score (nSPS) is 18.6. The molecule has 0 aliphatic carbocycles. The molecular weight excluding hydrogens is 321 g/mol. The molecule has 1 aliphatic rings. The third-order valence-corrected chi connectivity index (χ3v) is 4.52. The minimum absolute atomic E-state index is 0.144. The number of likely N-dealkylation sites (tertiary alicyclic amines) is 1. The fourth-order valence-corrected chi connectivity index (χ4v) is 3.20. The molecule has 1 saturated heterocycles. The van der Waals surface area contributed by atoms with E-state index in [2.05, 4.69) is 27.0 Å². The summed E-state index contributed by atoms with van der Waals surface area (Å²) in [5.41, 5.74) is 2.74. The van der Waals surface area contributed by atoms with Crippen molar-refractivity contribution in [1.82, 2.24) is 24.5 Å². The predicted octanol–water partition coefficient (Wildman–Crippen LogP) is 2.71. The lowest BCUT2D eigenvalue weighted by atomic mass is 10.1. The minimum atomic E-state index is -0.462. The van der Waals surface area contributed by atoms with Crippen LogP contribution in [0.2, 0.25) is 0 Å². The van der Waals surface area contributed by atoms with E-state index in [9.17, 15) is 4.39 Å². The van der Waals surface area contributed by atoms with E-state index >= 15 is 0 Å². The maximum Gasteiger partial charge on any atom is 0.232 e. The molecule has 0 spiro atoms. The number of rotatable bonds is 3. The molecule has 1 aliphatic heterocycles. The van der Waals surface area contributed by atoms with Gasteiger partial charge in [0.05, 0.1) is 11.9 Å². The number of aryl methyl sites for hydroxylation is 1. The molecule has 4 rings (SSSR count). The maximum atomic E-state index is 13.4. The number of likely N-dealkylation sites (N-methyl/N-ethyl adjacent to an activating group) is 1. The standard InChI is InChI=1S/C18H20FN5O/c1-12-8-13(9-21-18(12)19)15-10-20-16-5-6-17(22-24(15)16)25-14-4-3-7-23(2)11-14/h5-6,8-10,14H,3-4,7,11H2,1-2H3. The van der Waals surface area contributed by atoms with Gasteiger partial charge < -0.3 is 9.64 Å². The van der Waals surface area contributed by atoms with E-state index < -0.39 is 5.95 Å². The second-order valence-electron chi connectivity index (χ2n) is 6.56. The quantitative estimate of drug-likeness (QED) is 0.686. The van der Waals surface area contributed by atoms with Crippen LogP contribution >= 0.6 is 0 Å². The van der Waals surface area contributed by atoms with Crippen LogP contribution in [-0.2, 0) is 0 Å². The molecule has 1 unspecified atom stereocenters. The van der Waals surface area contributed by atoms with Crippen molar-refractivity contribution in [2.45, 2.75) is 25.9 Å². The first kappa shape index (κ1) is 16.0. The van der Waals surface area contributed by atoms with Gasteiger partial charge in [-0.05, 0) is 45.5 Å². The number of piperidine rings is 1. The van der Waals surface area contributed by atoms with Crippen LogP contribution in [0.15, 0.2) is 30.6 Å². The van der Waals surface area contributed by atoms with E-state index in [0.29, 0.717) is 17.1 Å². The number of hydrogen-bond donors (Lipinski definition) is 0. The van der Waals surface area contributed by atoms with Gasteiger partial charge in [-0.3, -0.25) is 0 Å². The smallest absolute Gasteiger partial charge is 0.232 e. The first-order chi connectivity index (χ1) is 12.1. The van der Waals surface area contributed by atoms with Crippen molar-refractivity contribution in [3.8, 4) is 17.1 Å². The average Bonchev–Trinajstić information content (AvgIpc) is 3.01. The molecule has 0 aromatic carbocycles. The van der Waals surface area contributed by atoms with Gasteiger partial charge in [-0.1, -0.05) is 0 Å². The summed E-state index contributed by atoms with van der Waals surface area (Å²) in [5, 5.41) is 4.57. The zero-order valence-corrected chi connectivity index (χ0v) is 14.3. The van der Waals surface area contributed by atoms with Crippen LogP contribution < -0.4 is 4.74 Å². The summed E-state index contributed by atoms with van der Waals surface area (Å²) in [6, 6.07) is 5.47. The van der Waals surface area contributed by atoms with Gasteiger partial charge in [-0.15, -0.1) is 5.10 Å². The molecule has 1 atom stereocenters. The Morgan fingerprint density at radius 1 is 1.24 bits per heavy atom. The van der Waals surface area contributed by atoms with Gasteiger partial charge in [0.15, 0.2) is 5.65 Å². The van der Waals surface area contributed by atoms with Crippen LogP contribution in [0.3, 0.4) is 0 Å². The van der Waals surface area contributed by atoms with E-state index in [1.54, 1.807) is 23.7 Å². The van der Waals surface area contributed by atoms with Crippen LogP contribution in [-0.4, -0.2) is 50.7 Å². The Bertz CT molecular complexity index is 910. The van der Waals surface area contributed by atoms with E-state index in [0.717, 1.165) is 37.2 Å². The third kappa shape index (κ3) is 3.19. The molecule has 0 N–H and O–H groups in total. The van der Waals surface area contributed by atoms with Gasteiger partial charge in [0.1, 0.15) is 6.10 Å². The highest BCUT2D eigenvalue weighted by Gasteiger charge is 2.19. The Labute approximate surface area is 145 Å². The van der Waals surface area contributed by atoms with Crippen LogP contribution in [0.1, 0.15) is 18.4 Å². The average molecular weight is 341 g/mol. The third-order valence-electron chi connectivity index (χ3n) is 4.52. The predicted molar refractivity (Wildman–Crippen MR) is 92.1 cm³/mol. The Balaban J connectivity index is 1.66. The minimum Gasteiger partial charge on any atom is -0.472 e. The van der Waals surface area contributed by atoms with Crippen LogP contribution in [0.25, 0.3) is 16.9 Å². The van der Waals surface area contributed by atoms with Gasteiger partial charge in [0, 0.05) is 29.9 Å². The molecular formula is C18H20FN5O. The summed E-state index contributed by atoms with van der Waals surface area (Å²) in [5.74, 6) is 0.106. The van der Waals surface area contributed by atoms with Gasteiger partial charge in [0.25, 0.3) is 0 Å². The van der Waals surface area contributed by atoms with Crippen LogP contribution in [0.5, 0.6) is 5.88 Å². The molecule has 25 heavy (non-hydrogen) atoms. The lowest BCUT2D eigenvalue weighted by Crippen LogP contribution is -2.38. The van der Waals surface area contributed by atoms with Crippen LogP contribution in [0.4, 0.5) is 4.39 Å². The summed E-state index contributed by atoms with van der Waals surface area (Å²) >= 11 is 0. The van der Waals surface area contributed by atoms with Gasteiger partial charge in [-0.2, -0.15) is 4.39 Å². The van der Waals surface area contributed by atoms with Crippen molar-refractivity contribution >= 4 is 5.65 Å². The van der Waals surface area contributed by atoms with Crippen molar-refractivity contribution in [1.29, 1.82) is 0 Å². The summed E-state index contributed by atoms with van der Waals surface area (Å²) in [6.07, 6.45) is 5.51. The number of hydrogen-bond acceptors (Lipinski definition) is 5. The topological polar surface area (TPSA) is 55.5 Å². The van der Waals surface area contributed by atoms with Crippen molar-refractivity contribution in [2.24, 2.45) is 0 Å². The number of nitrogens with zero attached hydrogens (tertiary/aromatic N) is 5. The number of ether oxygens (including phenoxy) is 1. The van der Waals surface area contributed by atoms with E-state index in [4.69, 9.17) is 4.74 Å². The zero-order chi connectivity index (χ0) is 17.4. The summed E-state index contributed by atoms with van der Waals surface area (Å²) in [4.78, 5) is 10.4. The van der Waals surface area contributed by atoms with Crippen molar-refractivity contribution < 1.29 is 9.13 Å². The molecule has 0 amide bonds. The van der Waals surface area contributed by atoms with E-state index in [1.165, 1.54) is 6.20 Å². The number of aromatic nitrogens is 4. The molecule has 7 heteroatoms. The van der Waals surface area contributed by atoms with Gasteiger partial charge in [-0.25, -0.2) is 14.5 Å². The molecule has 6 nitrogen and oxygen atoms in total. The molecule has 3 aromatic rings. The zero-order valence-electron chi connectivity index (χ0n) is 14.3. The molecule has 3 aromatic heterocycles. The lowest BCUT2D eigenvalue weighted by molar-refractivity contribution is 0.0988. The number of fused-ring (bicyclic) bond motifs is 1. The molecule has 0 saturated carbocycles. The van der Waals surface area contributed by atoms with Gasteiger partial charge >= 0.3 is 0 Å². The fraction of sp³-hybridized carbons (Fsp3) is 0.389. The Morgan fingerprint density at radius 2 is 2.12 bits per heavy atom. The van der Waals surface area contributed by atoms with Crippen molar-refractivity contribution in [3.63, 3.8) is 0 Å². The van der Waals surface area contributed by atoms with E-state index in [-0.39, 0.29) is 6.10 Å². The van der Waals surface area contributed by atoms with E-state index in [1.807, 2.05) is 12.1 Å². The number of imidazole rings is 1.